The summed E-state index contributed by atoms with van der Waals surface area (Å²) < 4.78 is 0. The highest BCUT2D eigenvalue weighted by atomic mass is 16.3. The van der Waals surface area contributed by atoms with Crippen molar-refractivity contribution in [2.75, 3.05) is 27.2 Å². The van der Waals surface area contributed by atoms with Crippen molar-refractivity contribution in [1.82, 2.24) is 10.6 Å². The third-order valence-corrected chi connectivity index (χ3v) is 1.27. The van der Waals surface area contributed by atoms with Crippen LogP contribution >= 0.6 is 0 Å². The van der Waals surface area contributed by atoms with Crippen molar-refractivity contribution in [3.05, 3.63) is 0 Å². The molecule has 10 heavy (non-hydrogen) atoms. The van der Waals surface area contributed by atoms with Crippen LogP contribution in [0.25, 0.3) is 0 Å². The molecule has 0 spiro atoms. The van der Waals surface area contributed by atoms with E-state index in [9.17, 15) is 0 Å². The molecule has 4 N–H and O–H groups in total. The Morgan fingerprint density at radius 1 is 1.00 bits per heavy atom. The summed E-state index contributed by atoms with van der Waals surface area (Å²) in [6.07, 6.45) is -1.37. The van der Waals surface area contributed by atoms with Gasteiger partial charge in [0.05, 0.1) is 12.2 Å². The van der Waals surface area contributed by atoms with Crippen molar-refractivity contribution in [1.29, 1.82) is 0 Å². The molecule has 0 radical (unpaired) electrons. The topological polar surface area (TPSA) is 64.5 Å². The lowest BCUT2D eigenvalue weighted by atomic mass is 10.2. The van der Waals surface area contributed by atoms with E-state index in [0.29, 0.717) is 13.1 Å². The zero-order chi connectivity index (χ0) is 7.98. The third kappa shape index (κ3) is 3.79. The lowest BCUT2D eigenvalue weighted by molar-refractivity contribution is 0.0231. The normalized spacial score (nSPS) is 16.8. The Balaban J connectivity index is 3.38. The first-order valence-corrected chi connectivity index (χ1v) is 3.37. The molecular formula is C6H16N2O2. The molecule has 0 saturated heterocycles. The SMILES string of the molecule is CNC[C@@H](O)[C@@H](O)CNC. The van der Waals surface area contributed by atoms with Crippen molar-refractivity contribution in [2.45, 2.75) is 12.2 Å². The summed E-state index contributed by atoms with van der Waals surface area (Å²) in [6, 6.07) is 0. The molecule has 0 aromatic heterocycles. The van der Waals surface area contributed by atoms with E-state index < -0.39 is 12.2 Å². The molecular weight excluding hydrogens is 132 g/mol. The summed E-state index contributed by atoms with van der Waals surface area (Å²) in [7, 11) is 3.46. The average Bonchev–Trinajstić information content (AvgIpc) is 1.89. The van der Waals surface area contributed by atoms with Gasteiger partial charge in [0.1, 0.15) is 0 Å². The van der Waals surface area contributed by atoms with Gasteiger partial charge in [0.15, 0.2) is 0 Å². The van der Waals surface area contributed by atoms with Crippen LogP contribution in [-0.2, 0) is 0 Å². The van der Waals surface area contributed by atoms with E-state index in [1.807, 2.05) is 0 Å². The second-order valence-electron chi connectivity index (χ2n) is 2.25. The second kappa shape index (κ2) is 5.61. The van der Waals surface area contributed by atoms with Gasteiger partial charge in [-0.3, -0.25) is 0 Å². The highest BCUT2D eigenvalue weighted by Crippen LogP contribution is 1.88. The predicted molar refractivity (Wildman–Crippen MR) is 39.9 cm³/mol. The smallest absolute Gasteiger partial charge is 0.0935 e. The fraction of sp³-hybridized carbons (Fsp3) is 1.00. The first-order valence-electron chi connectivity index (χ1n) is 3.37. The molecule has 4 heteroatoms. The molecule has 0 unspecified atom stereocenters. The zero-order valence-corrected chi connectivity index (χ0v) is 6.46. The molecule has 4 nitrogen and oxygen atoms in total. The molecule has 2 atom stereocenters. The van der Waals surface area contributed by atoms with E-state index in [-0.39, 0.29) is 0 Å². The first-order chi connectivity index (χ1) is 4.72. The molecule has 62 valence electrons. The van der Waals surface area contributed by atoms with Gasteiger partial charge in [-0.2, -0.15) is 0 Å². The molecule has 0 aliphatic carbocycles. The van der Waals surface area contributed by atoms with Gasteiger partial charge in [-0.1, -0.05) is 0 Å². The Morgan fingerprint density at radius 3 is 1.50 bits per heavy atom. The summed E-state index contributed by atoms with van der Waals surface area (Å²) in [5, 5.41) is 23.7. The van der Waals surface area contributed by atoms with Gasteiger partial charge in [-0.15, -0.1) is 0 Å². The summed E-state index contributed by atoms with van der Waals surface area (Å²) in [6.45, 7) is 0.839. The second-order valence-corrected chi connectivity index (χ2v) is 2.25. The van der Waals surface area contributed by atoms with Crippen LogP contribution in [0.3, 0.4) is 0 Å². The highest BCUT2D eigenvalue weighted by molar-refractivity contribution is 4.69. The van der Waals surface area contributed by atoms with Crippen LogP contribution in [0, 0.1) is 0 Å². The quantitative estimate of drug-likeness (QED) is 0.369. The molecule has 0 amide bonds. The van der Waals surface area contributed by atoms with Gasteiger partial charge in [0.25, 0.3) is 0 Å². The molecule has 0 bridgehead atoms. The maximum absolute atomic E-state index is 9.10. The number of aliphatic hydroxyl groups excluding tert-OH is 2. The van der Waals surface area contributed by atoms with Crippen molar-refractivity contribution >= 4 is 0 Å². The van der Waals surface area contributed by atoms with E-state index in [4.69, 9.17) is 10.2 Å². The highest BCUT2D eigenvalue weighted by Gasteiger charge is 2.13. The number of likely N-dealkylation sites (N-methyl/N-ethyl adjacent to an activating group) is 2. The van der Waals surface area contributed by atoms with Crippen LogP contribution in [0.4, 0.5) is 0 Å². The lowest BCUT2D eigenvalue weighted by Gasteiger charge is -2.16. The van der Waals surface area contributed by atoms with Crippen LogP contribution < -0.4 is 10.6 Å². The molecule has 0 rings (SSSR count). The third-order valence-electron chi connectivity index (χ3n) is 1.27. The van der Waals surface area contributed by atoms with Crippen molar-refractivity contribution < 1.29 is 10.2 Å². The number of nitrogens with one attached hydrogen (secondary N) is 2. The predicted octanol–water partition coefficient (Wildman–Crippen LogP) is -1.85. The van der Waals surface area contributed by atoms with E-state index in [2.05, 4.69) is 10.6 Å². The summed E-state index contributed by atoms with van der Waals surface area (Å²) in [5.41, 5.74) is 0. The van der Waals surface area contributed by atoms with Crippen molar-refractivity contribution in [3.63, 3.8) is 0 Å². The molecule has 0 aliphatic heterocycles. The monoisotopic (exact) mass is 148 g/mol. The number of rotatable bonds is 5. The number of hydrogen-bond donors (Lipinski definition) is 4. The average molecular weight is 148 g/mol. The summed E-state index contributed by atoms with van der Waals surface area (Å²) >= 11 is 0. The largest absolute Gasteiger partial charge is 0.389 e. The van der Waals surface area contributed by atoms with Crippen LogP contribution in [0.1, 0.15) is 0 Å². The van der Waals surface area contributed by atoms with Gasteiger partial charge in [-0.05, 0) is 14.1 Å². The first kappa shape index (κ1) is 9.84. The zero-order valence-electron chi connectivity index (χ0n) is 6.46. The Kier molecular flexibility index (Phi) is 5.52. The molecule has 0 aromatic rings. The lowest BCUT2D eigenvalue weighted by Crippen LogP contribution is -2.40. The fourth-order valence-corrected chi connectivity index (χ4v) is 0.690. The van der Waals surface area contributed by atoms with E-state index >= 15 is 0 Å². The van der Waals surface area contributed by atoms with Crippen molar-refractivity contribution in [3.8, 4) is 0 Å². The van der Waals surface area contributed by atoms with Crippen LogP contribution in [0.5, 0.6) is 0 Å². The minimum Gasteiger partial charge on any atom is -0.389 e. The maximum Gasteiger partial charge on any atom is 0.0935 e. The fourth-order valence-electron chi connectivity index (χ4n) is 0.690. The van der Waals surface area contributed by atoms with Gasteiger partial charge in [0, 0.05) is 13.1 Å². The van der Waals surface area contributed by atoms with Crippen LogP contribution in [0.15, 0.2) is 0 Å². The number of aliphatic hydroxyl groups is 2. The minimum atomic E-state index is -0.683. The summed E-state index contributed by atoms with van der Waals surface area (Å²) in [5.74, 6) is 0. The van der Waals surface area contributed by atoms with Crippen LogP contribution in [-0.4, -0.2) is 49.6 Å². The Hall–Kier alpha value is -0.160. The minimum absolute atomic E-state index is 0.419. The molecule has 0 aliphatic rings. The van der Waals surface area contributed by atoms with E-state index in [1.165, 1.54) is 0 Å². The molecule has 0 fully saturated rings. The van der Waals surface area contributed by atoms with E-state index in [1.54, 1.807) is 14.1 Å². The van der Waals surface area contributed by atoms with Gasteiger partial charge in [-0.25, -0.2) is 0 Å². The summed E-state index contributed by atoms with van der Waals surface area (Å²) in [4.78, 5) is 0. The van der Waals surface area contributed by atoms with Crippen molar-refractivity contribution in [2.24, 2.45) is 0 Å². The van der Waals surface area contributed by atoms with E-state index in [0.717, 1.165) is 0 Å². The van der Waals surface area contributed by atoms with Crippen LogP contribution in [0.2, 0.25) is 0 Å². The molecule has 0 saturated carbocycles. The van der Waals surface area contributed by atoms with Gasteiger partial charge >= 0.3 is 0 Å². The Labute approximate surface area is 61.3 Å². The van der Waals surface area contributed by atoms with Gasteiger partial charge < -0.3 is 20.8 Å². The molecule has 0 heterocycles. The maximum atomic E-state index is 9.10. The standard InChI is InChI=1S/C6H16N2O2/c1-7-3-5(9)6(10)4-8-2/h5-10H,3-4H2,1-2H3/t5-,6+. The number of hydrogen-bond acceptors (Lipinski definition) is 4. The molecule has 0 aromatic carbocycles. The Bertz CT molecular complexity index is 70.1. The van der Waals surface area contributed by atoms with Gasteiger partial charge in [0.2, 0.25) is 0 Å². The Morgan fingerprint density at radius 2 is 1.30 bits per heavy atom.